The van der Waals surface area contributed by atoms with E-state index in [0.717, 1.165) is 10.4 Å². The molecule has 0 saturated heterocycles. The third-order valence-electron chi connectivity index (χ3n) is 3.84. The fraction of sp³-hybridized carbons (Fsp3) is 0.211. The van der Waals surface area contributed by atoms with Crippen LogP contribution >= 0.6 is 34.7 Å². The van der Waals surface area contributed by atoms with Crippen LogP contribution < -0.4 is 10.9 Å². The Balaban J connectivity index is 1.62. The zero-order valence-electron chi connectivity index (χ0n) is 14.6. The number of rotatable bonds is 7. The van der Waals surface area contributed by atoms with Gasteiger partial charge in [-0.05, 0) is 36.1 Å². The van der Waals surface area contributed by atoms with Gasteiger partial charge in [0.1, 0.15) is 0 Å². The lowest BCUT2D eigenvalue weighted by Gasteiger charge is -2.08. The molecule has 3 aromatic rings. The number of amides is 1. The minimum Gasteiger partial charge on any atom is -0.351 e. The minimum absolute atomic E-state index is 0.0127. The predicted molar refractivity (Wildman–Crippen MR) is 110 cm³/mol. The predicted octanol–water partition coefficient (Wildman–Crippen LogP) is 3.94. The average Bonchev–Trinajstić information content (AvgIpc) is 3.15. The van der Waals surface area contributed by atoms with Gasteiger partial charge in [0.05, 0.1) is 13.0 Å². The highest BCUT2D eigenvalue weighted by atomic mass is 35.5. The summed E-state index contributed by atoms with van der Waals surface area (Å²) in [5.41, 5.74) is 1.73. The normalized spacial score (nSPS) is 10.7. The molecule has 0 atom stereocenters. The number of hydrogen-bond donors (Lipinski definition) is 2. The van der Waals surface area contributed by atoms with Gasteiger partial charge in [-0.15, -0.1) is 11.3 Å². The van der Waals surface area contributed by atoms with Crippen molar-refractivity contribution in [2.24, 2.45) is 0 Å². The molecule has 0 fully saturated rings. The lowest BCUT2D eigenvalue weighted by Crippen LogP contribution is -2.28. The summed E-state index contributed by atoms with van der Waals surface area (Å²) in [5, 5.41) is 5.99. The third kappa shape index (κ3) is 5.69. The Kier molecular flexibility index (Phi) is 6.71. The van der Waals surface area contributed by atoms with Crippen molar-refractivity contribution < 1.29 is 4.79 Å². The topological polar surface area (TPSA) is 74.8 Å². The highest BCUT2D eigenvalue weighted by Gasteiger charge is 2.13. The number of hydrogen-bond acceptors (Lipinski definition) is 5. The number of carbonyl (C=O) groups is 1. The third-order valence-corrected chi connectivity index (χ3v) is 5.90. The summed E-state index contributed by atoms with van der Waals surface area (Å²) in [6, 6.07) is 11.4. The van der Waals surface area contributed by atoms with Crippen molar-refractivity contribution in [2.75, 3.05) is 0 Å². The van der Waals surface area contributed by atoms with E-state index in [1.165, 1.54) is 11.8 Å². The molecule has 2 heterocycles. The van der Waals surface area contributed by atoms with Crippen LogP contribution in [0.2, 0.25) is 5.02 Å². The molecule has 0 aliphatic heterocycles. The van der Waals surface area contributed by atoms with Crippen LogP contribution in [0.3, 0.4) is 0 Å². The number of nitrogens with zero attached hydrogens (tertiary/aromatic N) is 1. The number of aryl methyl sites for hydroxylation is 1. The monoisotopic (exact) mass is 419 g/mol. The number of carbonyl (C=O) groups excluding carboxylic acids is 1. The lowest BCUT2D eigenvalue weighted by molar-refractivity contribution is -0.120. The van der Waals surface area contributed by atoms with Crippen LogP contribution in [0.4, 0.5) is 0 Å². The molecule has 0 unspecified atom stereocenters. The molecular formula is C19H18ClN3O2S2. The summed E-state index contributed by atoms with van der Waals surface area (Å²) in [6.45, 7) is 2.22. The minimum atomic E-state index is -0.276. The first-order chi connectivity index (χ1) is 13.0. The number of halogens is 1. The van der Waals surface area contributed by atoms with Crippen molar-refractivity contribution in [1.82, 2.24) is 15.3 Å². The van der Waals surface area contributed by atoms with Gasteiger partial charge in [0, 0.05) is 26.9 Å². The smallest absolute Gasteiger partial charge is 0.255 e. The molecule has 0 saturated carbocycles. The van der Waals surface area contributed by atoms with Gasteiger partial charge < -0.3 is 10.3 Å². The maximum atomic E-state index is 12.4. The Morgan fingerprint density at radius 3 is 2.89 bits per heavy atom. The summed E-state index contributed by atoms with van der Waals surface area (Å²) in [5.74, 6) is 0.446. The molecular weight excluding hydrogens is 402 g/mol. The Morgan fingerprint density at radius 1 is 1.33 bits per heavy atom. The van der Waals surface area contributed by atoms with Crippen molar-refractivity contribution in [3.8, 4) is 0 Å². The molecule has 0 spiro atoms. The summed E-state index contributed by atoms with van der Waals surface area (Å²) in [4.78, 5) is 32.8. The summed E-state index contributed by atoms with van der Waals surface area (Å²) in [7, 11) is 0. The molecule has 140 valence electrons. The van der Waals surface area contributed by atoms with Crippen LogP contribution in [0.25, 0.3) is 0 Å². The number of thiophene rings is 1. The number of nitrogens with one attached hydrogen (secondary N) is 2. The van der Waals surface area contributed by atoms with Crippen molar-refractivity contribution in [2.45, 2.75) is 30.8 Å². The van der Waals surface area contributed by atoms with Gasteiger partial charge in [0.2, 0.25) is 5.91 Å². The van der Waals surface area contributed by atoms with E-state index in [9.17, 15) is 9.59 Å². The average molecular weight is 420 g/mol. The van der Waals surface area contributed by atoms with Crippen LogP contribution in [0.1, 0.15) is 21.7 Å². The first kappa shape index (κ1) is 19.7. The number of aromatic amines is 1. The molecule has 0 radical (unpaired) electrons. The first-order valence-electron chi connectivity index (χ1n) is 8.27. The largest absolute Gasteiger partial charge is 0.351 e. The highest BCUT2D eigenvalue weighted by molar-refractivity contribution is 7.98. The SMILES string of the molecule is Cc1nc(SCc2cccc(Cl)c2)[nH]c(=O)c1CC(=O)NCc1cccs1. The van der Waals surface area contributed by atoms with Crippen molar-refractivity contribution in [1.29, 1.82) is 0 Å². The standard InChI is InChI=1S/C19H18ClN3O2S2/c1-12-16(9-17(24)21-10-15-6-3-7-26-15)18(25)23-19(22-12)27-11-13-4-2-5-14(20)8-13/h2-8H,9-11H2,1H3,(H,21,24)(H,22,23,25). The van der Waals surface area contributed by atoms with Gasteiger partial charge in [-0.3, -0.25) is 9.59 Å². The summed E-state index contributed by atoms with van der Waals surface area (Å²) < 4.78 is 0. The Labute approximate surface area is 170 Å². The van der Waals surface area contributed by atoms with E-state index in [0.29, 0.717) is 33.7 Å². The molecule has 1 aromatic carbocycles. The number of thioether (sulfide) groups is 1. The van der Waals surface area contributed by atoms with Gasteiger partial charge in [0.25, 0.3) is 5.56 Å². The van der Waals surface area contributed by atoms with Crippen LogP contribution in [-0.2, 0) is 23.5 Å². The van der Waals surface area contributed by atoms with Gasteiger partial charge >= 0.3 is 0 Å². The van der Waals surface area contributed by atoms with Gasteiger partial charge in [-0.25, -0.2) is 4.98 Å². The van der Waals surface area contributed by atoms with E-state index in [1.54, 1.807) is 18.3 Å². The second-order valence-corrected chi connectivity index (χ2v) is 8.32. The molecule has 0 bridgehead atoms. The molecule has 0 aliphatic carbocycles. The second kappa shape index (κ2) is 9.21. The molecule has 2 N–H and O–H groups in total. The van der Waals surface area contributed by atoms with Gasteiger partial charge in [-0.1, -0.05) is 41.6 Å². The molecule has 3 rings (SSSR count). The van der Waals surface area contributed by atoms with Crippen LogP contribution in [0.15, 0.2) is 51.7 Å². The van der Waals surface area contributed by atoms with E-state index in [1.807, 2.05) is 41.8 Å². The van der Waals surface area contributed by atoms with E-state index in [4.69, 9.17) is 11.6 Å². The Hall–Kier alpha value is -2.09. The fourth-order valence-electron chi connectivity index (χ4n) is 2.46. The number of benzene rings is 1. The fourth-order valence-corrected chi connectivity index (χ4v) is 4.17. The van der Waals surface area contributed by atoms with Gasteiger partial charge in [0.15, 0.2) is 5.16 Å². The van der Waals surface area contributed by atoms with Crippen LogP contribution in [-0.4, -0.2) is 15.9 Å². The summed E-state index contributed by atoms with van der Waals surface area (Å²) in [6.07, 6.45) is 0.0127. The Morgan fingerprint density at radius 2 is 2.19 bits per heavy atom. The van der Waals surface area contributed by atoms with E-state index in [-0.39, 0.29) is 17.9 Å². The molecule has 0 aliphatic rings. The van der Waals surface area contributed by atoms with E-state index in [2.05, 4.69) is 15.3 Å². The first-order valence-corrected chi connectivity index (χ1v) is 10.5. The number of H-pyrrole nitrogens is 1. The molecule has 1 amide bonds. The molecule has 2 aromatic heterocycles. The maximum Gasteiger partial charge on any atom is 0.255 e. The maximum absolute atomic E-state index is 12.4. The highest BCUT2D eigenvalue weighted by Crippen LogP contribution is 2.21. The van der Waals surface area contributed by atoms with Gasteiger partial charge in [-0.2, -0.15) is 0 Å². The van der Waals surface area contributed by atoms with Crippen molar-refractivity contribution >= 4 is 40.6 Å². The van der Waals surface area contributed by atoms with Crippen LogP contribution in [0, 0.1) is 6.92 Å². The molecule has 8 heteroatoms. The molecule has 27 heavy (non-hydrogen) atoms. The number of aromatic nitrogens is 2. The Bertz CT molecular complexity index is 987. The quantitative estimate of drug-likeness (QED) is 0.449. The zero-order valence-corrected chi connectivity index (χ0v) is 17.0. The summed E-state index contributed by atoms with van der Waals surface area (Å²) >= 11 is 8.98. The van der Waals surface area contributed by atoms with Crippen molar-refractivity contribution in [3.63, 3.8) is 0 Å². The van der Waals surface area contributed by atoms with Crippen molar-refractivity contribution in [3.05, 3.63) is 78.9 Å². The van der Waals surface area contributed by atoms with E-state index >= 15 is 0 Å². The zero-order chi connectivity index (χ0) is 19.2. The van der Waals surface area contributed by atoms with E-state index < -0.39 is 0 Å². The lowest BCUT2D eigenvalue weighted by atomic mass is 10.1. The van der Waals surface area contributed by atoms with Crippen LogP contribution in [0.5, 0.6) is 0 Å². The molecule has 5 nitrogen and oxygen atoms in total. The second-order valence-electron chi connectivity index (χ2n) is 5.89.